The van der Waals surface area contributed by atoms with Crippen LogP contribution >= 0.6 is 0 Å². The number of hydrogen-bond acceptors (Lipinski definition) is 3. The van der Waals surface area contributed by atoms with Crippen molar-refractivity contribution in [3.05, 3.63) is 0 Å². The lowest BCUT2D eigenvalue weighted by Crippen LogP contribution is -2.46. The molecule has 1 aliphatic heterocycles. The first-order valence-electron chi connectivity index (χ1n) is 6.10. The van der Waals surface area contributed by atoms with E-state index in [1.54, 1.807) is 7.11 Å². The quantitative estimate of drug-likeness (QED) is 0.761. The van der Waals surface area contributed by atoms with Gasteiger partial charge in [0.05, 0.1) is 19.1 Å². The molecule has 1 unspecified atom stereocenters. The monoisotopic (exact) mass is 227 g/mol. The molecule has 4 nitrogen and oxygen atoms in total. The fourth-order valence-electron chi connectivity index (χ4n) is 2.52. The normalized spacial score (nSPS) is 27.4. The summed E-state index contributed by atoms with van der Waals surface area (Å²) in [5, 5.41) is 3.05. The summed E-state index contributed by atoms with van der Waals surface area (Å²) in [5.74, 6) is 0.222. The van der Waals surface area contributed by atoms with Gasteiger partial charge in [0, 0.05) is 25.7 Å². The number of methoxy groups -OCH3 is 1. The molecule has 1 N–H and O–H groups in total. The molecule has 2 aliphatic rings. The molecule has 0 aromatic rings. The van der Waals surface area contributed by atoms with Crippen molar-refractivity contribution in [3.63, 3.8) is 0 Å². The van der Waals surface area contributed by atoms with Gasteiger partial charge < -0.3 is 14.8 Å². The van der Waals surface area contributed by atoms with E-state index in [0.717, 1.165) is 26.2 Å². The minimum Gasteiger partial charge on any atom is -0.384 e. The Balaban J connectivity index is 1.74. The Morgan fingerprint density at radius 1 is 1.56 bits per heavy atom. The molecule has 1 amide bonds. The molecule has 16 heavy (non-hydrogen) atoms. The van der Waals surface area contributed by atoms with Gasteiger partial charge >= 0.3 is 0 Å². The van der Waals surface area contributed by atoms with Crippen molar-refractivity contribution in [2.45, 2.75) is 25.7 Å². The smallest absolute Gasteiger partial charge is 0.225 e. The van der Waals surface area contributed by atoms with E-state index < -0.39 is 0 Å². The summed E-state index contributed by atoms with van der Waals surface area (Å²) in [5.41, 5.74) is 0.212. The highest BCUT2D eigenvalue weighted by molar-refractivity contribution is 5.79. The molecule has 0 spiro atoms. The zero-order chi connectivity index (χ0) is 11.4. The third-order valence-electron chi connectivity index (χ3n) is 3.80. The molecule has 2 fully saturated rings. The first-order valence-corrected chi connectivity index (χ1v) is 6.10. The molecule has 92 valence electrons. The van der Waals surface area contributed by atoms with Crippen LogP contribution in [-0.2, 0) is 14.3 Å². The fraction of sp³-hybridized carbons (Fsp3) is 0.917. The van der Waals surface area contributed by atoms with Gasteiger partial charge in [-0.3, -0.25) is 4.79 Å². The highest BCUT2D eigenvalue weighted by Crippen LogP contribution is 2.40. The van der Waals surface area contributed by atoms with Crippen molar-refractivity contribution in [2.24, 2.45) is 11.3 Å². The van der Waals surface area contributed by atoms with Gasteiger partial charge in [-0.2, -0.15) is 0 Å². The second kappa shape index (κ2) is 5.15. The van der Waals surface area contributed by atoms with Crippen LogP contribution < -0.4 is 5.32 Å². The minimum atomic E-state index is 0.0691. The van der Waals surface area contributed by atoms with Crippen LogP contribution in [0.5, 0.6) is 0 Å². The van der Waals surface area contributed by atoms with Gasteiger partial charge in [-0.05, 0) is 19.3 Å². The Kier molecular flexibility index (Phi) is 3.82. The van der Waals surface area contributed by atoms with Gasteiger partial charge in [0.15, 0.2) is 0 Å². The summed E-state index contributed by atoms with van der Waals surface area (Å²) in [7, 11) is 1.73. The van der Waals surface area contributed by atoms with Crippen LogP contribution in [-0.4, -0.2) is 39.4 Å². The number of rotatable bonds is 5. The Morgan fingerprint density at radius 2 is 2.38 bits per heavy atom. The lowest BCUT2D eigenvalue weighted by atomic mass is 9.69. The molecular formula is C12H21NO3. The van der Waals surface area contributed by atoms with Crippen molar-refractivity contribution in [3.8, 4) is 0 Å². The van der Waals surface area contributed by atoms with E-state index in [2.05, 4.69) is 5.32 Å². The number of amides is 1. The molecule has 0 radical (unpaired) electrons. The van der Waals surface area contributed by atoms with Gasteiger partial charge in [-0.25, -0.2) is 0 Å². The summed E-state index contributed by atoms with van der Waals surface area (Å²) in [4.78, 5) is 11.8. The third-order valence-corrected chi connectivity index (χ3v) is 3.80. The van der Waals surface area contributed by atoms with Crippen molar-refractivity contribution in [1.82, 2.24) is 5.32 Å². The molecule has 0 bridgehead atoms. The van der Waals surface area contributed by atoms with Crippen molar-refractivity contribution in [2.75, 3.05) is 33.5 Å². The second-order valence-corrected chi connectivity index (χ2v) is 5.06. The Bertz CT molecular complexity index is 245. The van der Waals surface area contributed by atoms with Crippen LogP contribution in [0, 0.1) is 11.3 Å². The first kappa shape index (κ1) is 11.9. The fourth-order valence-corrected chi connectivity index (χ4v) is 2.52. The molecule has 1 aliphatic carbocycles. The van der Waals surface area contributed by atoms with E-state index in [1.165, 1.54) is 19.3 Å². The van der Waals surface area contributed by atoms with Crippen LogP contribution in [0.1, 0.15) is 25.7 Å². The van der Waals surface area contributed by atoms with Crippen molar-refractivity contribution in [1.29, 1.82) is 0 Å². The SMILES string of the molecule is COCC1(CNC(=O)C2CCOC2)CCC1. The van der Waals surface area contributed by atoms with Gasteiger partial charge in [-0.1, -0.05) is 6.42 Å². The van der Waals surface area contributed by atoms with Gasteiger partial charge in [0.25, 0.3) is 0 Å². The highest BCUT2D eigenvalue weighted by atomic mass is 16.5. The standard InChI is InChI=1S/C12H21NO3/c1-15-9-12(4-2-5-12)8-13-11(14)10-3-6-16-7-10/h10H,2-9H2,1H3,(H,13,14). The van der Waals surface area contributed by atoms with Crippen LogP contribution in [0.25, 0.3) is 0 Å². The number of hydrogen-bond donors (Lipinski definition) is 1. The Morgan fingerprint density at radius 3 is 2.88 bits per heavy atom. The summed E-state index contributed by atoms with van der Waals surface area (Å²) in [6.45, 7) is 2.83. The largest absolute Gasteiger partial charge is 0.384 e. The number of ether oxygens (including phenoxy) is 2. The van der Waals surface area contributed by atoms with Gasteiger partial charge in [0.2, 0.25) is 5.91 Å². The molecule has 1 saturated heterocycles. The molecule has 1 saturated carbocycles. The van der Waals surface area contributed by atoms with E-state index in [-0.39, 0.29) is 17.2 Å². The van der Waals surface area contributed by atoms with E-state index in [1.807, 2.05) is 0 Å². The lowest BCUT2D eigenvalue weighted by molar-refractivity contribution is -0.126. The molecule has 2 rings (SSSR count). The average Bonchev–Trinajstić information content (AvgIpc) is 2.74. The second-order valence-electron chi connectivity index (χ2n) is 5.06. The number of carbonyl (C=O) groups excluding carboxylic acids is 1. The Hall–Kier alpha value is -0.610. The van der Waals surface area contributed by atoms with E-state index in [0.29, 0.717) is 6.61 Å². The molecule has 4 heteroatoms. The van der Waals surface area contributed by atoms with Crippen LogP contribution in [0.3, 0.4) is 0 Å². The molecule has 1 atom stereocenters. The average molecular weight is 227 g/mol. The molecule has 0 aromatic carbocycles. The van der Waals surface area contributed by atoms with E-state index in [9.17, 15) is 4.79 Å². The summed E-state index contributed by atoms with van der Waals surface area (Å²) in [6, 6.07) is 0. The molecule has 1 heterocycles. The van der Waals surface area contributed by atoms with Gasteiger partial charge in [0.1, 0.15) is 0 Å². The van der Waals surface area contributed by atoms with Crippen LogP contribution in [0.2, 0.25) is 0 Å². The number of carbonyl (C=O) groups is 1. The predicted molar refractivity (Wildman–Crippen MR) is 60.1 cm³/mol. The summed E-state index contributed by atoms with van der Waals surface area (Å²) >= 11 is 0. The first-order chi connectivity index (χ1) is 7.76. The van der Waals surface area contributed by atoms with E-state index in [4.69, 9.17) is 9.47 Å². The maximum absolute atomic E-state index is 11.8. The lowest BCUT2D eigenvalue weighted by Gasteiger charge is -2.41. The molecule has 0 aromatic heterocycles. The predicted octanol–water partition coefficient (Wildman–Crippen LogP) is 0.956. The maximum Gasteiger partial charge on any atom is 0.225 e. The summed E-state index contributed by atoms with van der Waals surface area (Å²) in [6.07, 6.45) is 4.46. The number of nitrogens with one attached hydrogen (secondary N) is 1. The highest BCUT2D eigenvalue weighted by Gasteiger charge is 2.37. The topological polar surface area (TPSA) is 47.6 Å². The van der Waals surface area contributed by atoms with Crippen LogP contribution in [0.4, 0.5) is 0 Å². The minimum absolute atomic E-state index is 0.0691. The van der Waals surface area contributed by atoms with Gasteiger partial charge in [-0.15, -0.1) is 0 Å². The van der Waals surface area contributed by atoms with Crippen LogP contribution in [0.15, 0.2) is 0 Å². The molecular weight excluding hydrogens is 206 g/mol. The zero-order valence-electron chi connectivity index (χ0n) is 9.96. The zero-order valence-corrected chi connectivity index (χ0v) is 9.96. The van der Waals surface area contributed by atoms with Crippen molar-refractivity contribution < 1.29 is 14.3 Å². The maximum atomic E-state index is 11.8. The third kappa shape index (κ3) is 2.55. The Labute approximate surface area is 96.7 Å². The summed E-state index contributed by atoms with van der Waals surface area (Å²) < 4.78 is 10.4. The van der Waals surface area contributed by atoms with E-state index >= 15 is 0 Å². The van der Waals surface area contributed by atoms with Crippen molar-refractivity contribution >= 4 is 5.91 Å².